The first kappa shape index (κ1) is 47.2. The summed E-state index contributed by atoms with van der Waals surface area (Å²) in [6.45, 7) is 12.7. The van der Waals surface area contributed by atoms with E-state index in [0.717, 1.165) is 44.4 Å². The van der Waals surface area contributed by atoms with E-state index in [0.29, 0.717) is 38.2 Å². The number of amides is 5. The van der Waals surface area contributed by atoms with Gasteiger partial charge in [-0.25, -0.2) is 14.6 Å². The maximum absolute atomic E-state index is 14.7. The lowest BCUT2D eigenvalue weighted by Crippen LogP contribution is -2.59. The molecule has 0 aliphatic carbocycles. The van der Waals surface area contributed by atoms with Crippen molar-refractivity contribution in [3.63, 3.8) is 0 Å². The molecule has 3 heterocycles. The Kier molecular flexibility index (Phi) is 16.1. The number of nitrogens with one attached hydrogen (secondary N) is 3. The Morgan fingerprint density at radius 1 is 0.875 bits per heavy atom. The van der Waals surface area contributed by atoms with Gasteiger partial charge in [-0.15, -0.1) is 0 Å². The summed E-state index contributed by atoms with van der Waals surface area (Å²) < 4.78 is 10.2. The number of carbonyl (C=O) groups is 4. The smallest absolute Gasteiger partial charge is 0.407 e. The molecule has 340 valence electrons. The molecule has 0 radical (unpaired) electrons. The molecule has 0 saturated carbocycles. The first-order valence-electron chi connectivity index (χ1n) is 22.1. The summed E-state index contributed by atoms with van der Waals surface area (Å²) in [5.74, 6) is -0.621. The van der Waals surface area contributed by atoms with E-state index in [1.165, 1.54) is 7.11 Å². The molecule has 15 nitrogen and oxygen atoms in total. The second-order valence-corrected chi connectivity index (χ2v) is 16.8. The third-order valence-corrected chi connectivity index (χ3v) is 12.4. The third-order valence-electron chi connectivity index (χ3n) is 12.4. The number of rotatable bonds is 20. The Labute approximate surface area is 375 Å². The quantitative estimate of drug-likeness (QED) is 0.0626. The highest BCUT2D eigenvalue weighted by atomic mass is 16.5. The number of para-hydroxylation sites is 1. The van der Waals surface area contributed by atoms with Gasteiger partial charge in [0.05, 0.1) is 30.5 Å². The minimum Gasteiger partial charge on any atom is -0.453 e. The van der Waals surface area contributed by atoms with E-state index in [4.69, 9.17) is 9.26 Å². The lowest BCUT2D eigenvalue weighted by atomic mass is 9.95. The van der Waals surface area contributed by atoms with Crippen molar-refractivity contribution in [3.8, 4) is 11.1 Å². The average Bonchev–Trinajstić information content (AvgIpc) is 3.83. The number of aliphatic hydroxyl groups excluding tert-OH is 1. The predicted octanol–water partition coefficient (Wildman–Crippen LogP) is 6.55. The molecule has 0 bridgehead atoms. The highest BCUT2D eigenvalue weighted by molar-refractivity contribution is 5.89. The molecule has 6 rings (SSSR count). The number of pyridine rings is 1. The van der Waals surface area contributed by atoms with Gasteiger partial charge >= 0.3 is 12.1 Å². The third kappa shape index (κ3) is 11.4. The van der Waals surface area contributed by atoms with Crippen LogP contribution in [0.15, 0.2) is 95.6 Å². The molecule has 1 aliphatic heterocycles. The van der Waals surface area contributed by atoms with Crippen LogP contribution in [0.2, 0.25) is 0 Å². The van der Waals surface area contributed by atoms with Crippen LogP contribution in [0.5, 0.6) is 0 Å². The predicted molar refractivity (Wildman–Crippen MR) is 244 cm³/mol. The van der Waals surface area contributed by atoms with Crippen LogP contribution in [0.1, 0.15) is 68.7 Å². The summed E-state index contributed by atoms with van der Waals surface area (Å²) in [5, 5.41) is 24.8. The lowest BCUT2D eigenvalue weighted by Gasteiger charge is -2.35. The average molecular weight is 875 g/mol. The van der Waals surface area contributed by atoms with Crippen LogP contribution in [0.4, 0.5) is 9.59 Å². The van der Waals surface area contributed by atoms with Crippen LogP contribution in [0.3, 0.4) is 0 Å². The fourth-order valence-electron chi connectivity index (χ4n) is 8.36. The number of hydrogen-bond acceptors (Lipinski definition) is 10. The standard InChI is InChI=1S/C49H62N8O7/c1-8-31(3)44(52-48(61)63-7)46(59)53-56(28-36-19-21-37(22-20-36)43-33(5)54-64-34(43)6)30-42(58)41(27-35-15-11-10-12-16-35)51-47(60)45(32(4)9-2)57-26-25-55(49(57)62)29-38-23-24-50-40-18-14-13-17-39(38)40/h10-24,31-32,41-42,44-45,58H,8-9,25-30H2,1-7H3,(H,51,60)(H,52,61)(H,53,59)/t31-,32-,41-,42-,44-,45-/m0/s1. The molecule has 64 heavy (non-hydrogen) atoms. The number of carbonyl (C=O) groups excluding carboxylic acids is 4. The summed E-state index contributed by atoms with van der Waals surface area (Å²) in [4.78, 5) is 63.2. The molecule has 6 atom stereocenters. The zero-order valence-corrected chi connectivity index (χ0v) is 37.9. The number of fused-ring (bicyclic) bond motifs is 1. The molecule has 1 aliphatic rings. The largest absolute Gasteiger partial charge is 0.453 e. The Balaban J connectivity index is 1.26. The van der Waals surface area contributed by atoms with E-state index in [1.54, 1.807) is 21.0 Å². The number of aliphatic hydroxyl groups is 1. The molecule has 5 aromatic rings. The fourth-order valence-corrected chi connectivity index (χ4v) is 8.36. The number of nitrogens with zero attached hydrogens (tertiary/aromatic N) is 5. The second-order valence-electron chi connectivity index (χ2n) is 16.8. The summed E-state index contributed by atoms with van der Waals surface area (Å²) >= 11 is 0. The maximum atomic E-state index is 14.7. The van der Waals surface area contributed by atoms with Crippen molar-refractivity contribution in [1.29, 1.82) is 0 Å². The van der Waals surface area contributed by atoms with Gasteiger partial charge in [-0.05, 0) is 66.5 Å². The van der Waals surface area contributed by atoms with E-state index < -0.39 is 36.2 Å². The molecule has 2 aromatic heterocycles. The minimum absolute atomic E-state index is 0.106. The maximum Gasteiger partial charge on any atom is 0.407 e. The number of aryl methyl sites for hydroxylation is 2. The van der Waals surface area contributed by atoms with E-state index in [-0.39, 0.29) is 43.3 Å². The van der Waals surface area contributed by atoms with Crippen molar-refractivity contribution < 1.29 is 33.5 Å². The van der Waals surface area contributed by atoms with Crippen LogP contribution < -0.4 is 16.1 Å². The number of urea groups is 1. The van der Waals surface area contributed by atoms with E-state index in [9.17, 15) is 24.3 Å². The van der Waals surface area contributed by atoms with Gasteiger partial charge < -0.3 is 34.8 Å². The van der Waals surface area contributed by atoms with Crippen molar-refractivity contribution in [2.24, 2.45) is 11.8 Å². The van der Waals surface area contributed by atoms with Crippen LogP contribution in [-0.4, -0.2) is 105 Å². The number of benzene rings is 3. The van der Waals surface area contributed by atoms with Crippen molar-refractivity contribution in [3.05, 3.63) is 119 Å². The van der Waals surface area contributed by atoms with Crippen LogP contribution in [0, 0.1) is 25.7 Å². The number of methoxy groups -OCH3 is 1. The zero-order chi connectivity index (χ0) is 45.9. The SMILES string of the molecule is CC[C@H](C)[C@H](NC(=O)OC)C(=O)NN(Cc1ccc(-c2c(C)noc2C)cc1)C[C@H](O)[C@H](Cc1ccccc1)NC(=O)[C@H]([C@@H](C)CC)N1CCN(Cc2ccnc3ccccc23)C1=O. The molecule has 4 N–H and O–H groups in total. The highest BCUT2D eigenvalue weighted by Gasteiger charge is 2.41. The Hall–Kier alpha value is -6.32. The number of hydrazine groups is 1. The topological polar surface area (TPSA) is 182 Å². The molecule has 5 amide bonds. The van der Waals surface area contributed by atoms with E-state index >= 15 is 0 Å². The highest BCUT2D eigenvalue weighted by Crippen LogP contribution is 2.28. The molecule has 3 aromatic carbocycles. The molecule has 15 heteroatoms. The van der Waals surface area contributed by atoms with Crippen molar-refractivity contribution in [1.82, 2.24) is 41.0 Å². The first-order valence-corrected chi connectivity index (χ1v) is 22.1. The van der Waals surface area contributed by atoms with Gasteiger partial charge in [0.2, 0.25) is 5.91 Å². The van der Waals surface area contributed by atoms with Gasteiger partial charge in [-0.2, -0.15) is 0 Å². The second kappa shape index (κ2) is 21.8. The van der Waals surface area contributed by atoms with Gasteiger partial charge in [0.25, 0.3) is 5.91 Å². The van der Waals surface area contributed by atoms with Crippen LogP contribution in [-0.2, 0) is 33.8 Å². The number of aromatic nitrogens is 2. The molecule has 1 fully saturated rings. The van der Waals surface area contributed by atoms with Gasteiger partial charge in [0.15, 0.2) is 0 Å². The fraction of sp³-hybridized carbons (Fsp3) is 0.429. The Morgan fingerprint density at radius 3 is 2.25 bits per heavy atom. The summed E-state index contributed by atoms with van der Waals surface area (Å²) in [6.07, 6.45) is 1.28. The Bertz CT molecular complexity index is 2330. The van der Waals surface area contributed by atoms with Gasteiger partial charge in [-0.3, -0.25) is 20.0 Å². The van der Waals surface area contributed by atoms with Crippen molar-refractivity contribution >= 4 is 34.8 Å². The minimum atomic E-state index is -1.22. The molecule has 0 unspecified atom stereocenters. The first-order chi connectivity index (χ1) is 30.8. The number of ether oxygens (including phenoxy) is 1. The van der Waals surface area contributed by atoms with E-state index in [2.05, 4.69) is 26.2 Å². The number of hydrogen-bond donors (Lipinski definition) is 4. The van der Waals surface area contributed by atoms with Gasteiger partial charge in [0.1, 0.15) is 17.8 Å². The molecular formula is C49H62N8O7. The summed E-state index contributed by atoms with van der Waals surface area (Å²) in [7, 11) is 1.24. The van der Waals surface area contributed by atoms with Crippen molar-refractivity contribution in [2.75, 3.05) is 26.7 Å². The Morgan fingerprint density at radius 2 is 1.58 bits per heavy atom. The van der Waals surface area contributed by atoms with Crippen molar-refractivity contribution in [2.45, 2.75) is 98.1 Å². The van der Waals surface area contributed by atoms with Gasteiger partial charge in [0, 0.05) is 49.9 Å². The van der Waals surface area contributed by atoms with Crippen LogP contribution in [0.25, 0.3) is 22.0 Å². The number of alkyl carbamates (subject to hydrolysis) is 1. The monoisotopic (exact) mass is 874 g/mol. The molecule has 0 spiro atoms. The lowest BCUT2D eigenvalue weighted by molar-refractivity contribution is -0.132. The molecular weight excluding hydrogens is 813 g/mol. The van der Waals surface area contributed by atoms with Crippen LogP contribution >= 0.6 is 0 Å². The van der Waals surface area contributed by atoms with Gasteiger partial charge in [-0.1, -0.05) is 118 Å². The molecule has 1 saturated heterocycles. The van der Waals surface area contributed by atoms with E-state index in [1.807, 2.05) is 126 Å². The summed E-state index contributed by atoms with van der Waals surface area (Å²) in [5.41, 5.74) is 9.08. The zero-order valence-electron chi connectivity index (χ0n) is 37.9. The summed E-state index contributed by atoms with van der Waals surface area (Å²) in [6, 6.07) is 24.2. The normalized spacial score (nSPS) is 15.7.